The standard InChI is InChI=1S/C15H16BrNO/c1-10-5-11(2)7-14(6-10)17-9-12-8-13(16)3-4-15(12)18/h3-8,17-18H,9H2,1-2H3. The van der Waals surface area contributed by atoms with Gasteiger partial charge in [0.1, 0.15) is 5.75 Å². The van der Waals surface area contributed by atoms with Gasteiger partial charge < -0.3 is 10.4 Å². The van der Waals surface area contributed by atoms with Crippen molar-refractivity contribution in [3.8, 4) is 5.75 Å². The molecule has 0 heterocycles. The molecule has 0 bridgehead atoms. The maximum atomic E-state index is 9.76. The summed E-state index contributed by atoms with van der Waals surface area (Å²) in [7, 11) is 0. The summed E-state index contributed by atoms with van der Waals surface area (Å²) in [6.07, 6.45) is 0. The first kappa shape index (κ1) is 13.0. The van der Waals surface area contributed by atoms with E-state index in [1.165, 1.54) is 11.1 Å². The third-order valence-corrected chi connectivity index (χ3v) is 3.24. The minimum atomic E-state index is 0.315. The van der Waals surface area contributed by atoms with Gasteiger partial charge in [-0.2, -0.15) is 0 Å². The van der Waals surface area contributed by atoms with Crippen LogP contribution in [-0.4, -0.2) is 5.11 Å². The Morgan fingerprint density at radius 2 is 1.72 bits per heavy atom. The van der Waals surface area contributed by atoms with Gasteiger partial charge in [0.15, 0.2) is 0 Å². The molecule has 18 heavy (non-hydrogen) atoms. The van der Waals surface area contributed by atoms with Gasteiger partial charge in [-0.05, 0) is 55.3 Å². The molecule has 2 aromatic rings. The quantitative estimate of drug-likeness (QED) is 0.882. The molecule has 0 saturated carbocycles. The van der Waals surface area contributed by atoms with Crippen molar-refractivity contribution in [1.29, 1.82) is 0 Å². The first-order valence-electron chi connectivity index (χ1n) is 5.84. The van der Waals surface area contributed by atoms with Crippen molar-refractivity contribution in [2.45, 2.75) is 20.4 Å². The molecule has 2 nitrogen and oxygen atoms in total. The second-order valence-electron chi connectivity index (χ2n) is 4.50. The molecule has 0 aromatic heterocycles. The van der Waals surface area contributed by atoms with Crippen molar-refractivity contribution in [3.05, 3.63) is 57.6 Å². The molecule has 0 spiro atoms. The summed E-state index contributed by atoms with van der Waals surface area (Å²) in [5.74, 6) is 0.315. The fraction of sp³-hybridized carbons (Fsp3) is 0.200. The van der Waals surface area contributed by atoms with Gasteiger partial charge in [0.2, 0.25) is 0 Å². The van der Waals surface area contributed by atoms with Crippen LogP contribution in [0.2, 0.25) is 0 Å². The highest BCUT2D eigenvalue weighted by Crippen LogP contribution is 2.23. The molecule has 2 N–H and O–H groups in total. The molecule has 0 saturated heterocycles. The van der Waals surface area contributed by atoms with Crippen LogP contribution in [0, 0.1) is 13.8 Å². The summed E-state index contributed by atoms with van der Waals surface area (Å²) >= 11 is 3.41. The lowest BCUT2D eigenvalue weighted by Crippen LogP contribution is -2.00. The Balaban J connectivity index is 2.13. The minimum Gasteiger partial charge on any atom is -0.508 e. The van der Waals surface area contributed by atoms with E-state index in [0.717, 1.165) is 15.7 Å². The summed E-state index contributed by atoms with van der Waals surface area (Å²) in [6.45, 7) is 4.76. The van der Waals surface area contributed by atoms with E-state index < -0.39 is 0 Å². The lowest BCUT2D eigenvalue weighted by atomic mass is 10.1. The van der Waals surface area contributed by atoms with Crippen LogP contribution < -0.4 is 5.32 Å². The van der Waals surface area contributed by atoms with Crippen LogP contribution in [0.1, 0.15) is 16.7 Å². The third-order valence-electron chi connectivity index (χ3n) is 2.75. The Bertz CT molecular complexity index is 546. The van der Waals surface area contributed by atoms with Gasteiger partial charge in [0.05, 0.1) is 0 Å². The van der Waals surface area contributed by atoms with Gasteiger partial charge in [0, 0.05) is 22.3 Å². The third kappa shape index (κ3) is 3.26. The first-order valence-corrected chi connectivity index (χ1v) is 6.63. The molecule has 0 atom stereocenters. The van der Waals surface area contributed by atoms with Crippen LogP contribution in [0.25, 0.3) is 0 Å². The van der Waals surface area contributed by atoms with Crippen molar-refractivity contribution in [2.75, 3.05) is 5.32 Å². The van der Waals surface area contributed by atoms with E-state index in [-0.39, 0.29) is 0 Å². The van der Waals surface area contributed by atoms with Gasteiger partial charge in [-0.1, -0.05) is 22.0 Å². The molecule has 0 aliphatic carbocycles. The maximum Gasteiger partial charge on any atom is 0.120 e. The van der Waals surface area contributed by atoms with E-state index >= 15 is 0 Å². The van der Waals surface area contributed by atoms with Gasteiger partial charge in [-0.15, -0.1) is 0 Å². The van der Waals surface area contributed by atoms with E-state index in [2.05, 4.69) is 53.3 Å². The average Bonchev–Trinajstić information content (AvgIpc) is 2.29. The Kier molecular flexibility index (Phi) is 3.92. The Morgan fingerprint density at radius 3 is 2.39 bits per heavy atom. The van der Waals surface area contributed by atoms with Crippen LogP contribution in [-0.2, 0) is 6.54 Å². The van der Waals surface area contributed by atoms with E-state index in [9.17, 15) is 5.11 Å². The Labute approximate surface area is 116 Å². The second-order valence-corrected chi connectivity index (χ2v) is 5.42. The molecule has 0 amide bonds. The van der Waals surface area contributed by atoms with Crippen LogP contribution in [0.4, 0.5) is 5.69 Å². The van der Waals surface area contributed by atoms with E-state index in [4.69, 9.17) is 0 Å². The van der Waals surface area contributed by atoms with Gasteiger partial charge in [-0.25, -0.2) is 0 Å². The second kappa shape index (κ2) is 5.44. The van der Waals surface area contributed by atoms with Gasteiger partial charge in [0.25, 0.3) is 0 Å². The summed E-state index contributed by atoms with van der Waals surface area (Å²) in [5, 5.41) is 13.1. The van der Waals surface area contributed by atoms with E-state index in [1.54, 1.807) is 6.07 Å². The monoisotopic (exact) mass is 305 g/mol. The minimum absolute atomic E-state index is 0.315. The number of anilines is 1. The average molecular weight is 306 g/mol. The molecule has 0 aliphatic heterocycles. The normalized spacial score (nSPS) is 10.4. The smallest absolute Gasteiger partial charge is 0.120 e. The zero-order valence-corrected chi connectivity index (χ0v) is 12.1. The predicted molar refractivity (Wildman–Crippen MR) is 79.0 cm³/mol. The molecule has 2 aromatic carbocycles. The lowest BCUT2D eigenvalue weighted by Gasteiger charge is -2.10. The van der Waals surface area contributed by atoms with E-state index in [1.807, 2.05) is 12.1 Å². The molecular weight excluding hydrogens is 290 g/mol. The molecule has 94 valence electrons. The summed E-state index contributed by atoms with van der Waals surface area (Å²) in [5.41, 5.74) is 4.42. The maximum absolute atomic E-state index is 9.76. The number of aromatic hydroxyl groups is 1. The fourth-order valence-corrected chi connectivity index (χ4v) is 2.38. The Morgan fingerprint density at radius 1 is 1.06 bits per heavy atom. The van der Waals surface area contributed by atoms with Crippen LogP contribution in [0.15, 0.2) is 40.9 Å². The Hall–Kier alpha value is -1.48. The number of aryl methyl sites for hydroxylation is 2. The van der Waals surface area contributed by atoms with Crippen molar-refractivity contribution >= 4 is 21.6 Å². The number of phenols is 1. The highest BCUT2D eigenvalue weighted by Gasteiger charge is 2.02. The first-order chi connectivity index (χ1) is 8.54. The summed E-state index contributed by atoms with van der Waals surface area (Å²) < 4.78 is 0.970. The zero-order chi connectivity index (χ0) is 13.1. The SMILES string of the molecule is Cc1cc(C)cc(NCc2cc(Br)ccc2O)c1. The number of halogens is 1. The van der Waals surface area contributed by atoms with Crippen LogP contribution in [0.3, 0.4) is 0 Å². The van der Waals surface area contributed by atoms with Crippen molar-refractivity contribution < 1.29 is 5.11 Å². The number of nitrogens with one attached hydrogen (secondary N) is 1. The van der Waals surface area contributed by atoms with Crippen LogP contribution >= 0.6 is 15.9 Å². The number of phenolic OH excluding ortho intramolecular Hbond substituents is 1. The number of hydrogen-bond acceptors (Lipinski definition) is 2. The molecular formula is C15H16BrNO. The number of hydrogen-bond donors (Lipinski definition) is 2. The zero-order valence-electron chi connectivity index (χ0n) is 10.5. The van der Waals surface area contributed by atoms with Crippen molar-refractivity contribution in [3.63, 3.8) is 0 Å². The number of rotatable bonds is 3. The largest absolute Gasteiger partial charge is 0.508 e. The molecule has 0 radical (unpaired) electrons. The van der Waals surface area contributed by atoms with E-state index in [0.29, 0.717) is 12.3 Å². The van der Waals surface area contributed by atoms with Crippen molar-refractivity contribution in [2.24, 2.45) is 0 Å². The highest BCUT2D eigenvalue weighted by atomic mass is 79.9. The molecule has 0 aliphatic rings. The fourth-order valence-electron chi connectivity index (χ4n) is 1.97. The molecule has 0 fully saturated rings. The topological polar surface area (TPSA) is 32.3 Å². The summed E-state index contributed by atoms with van der Waals surface area (Å²) in [6, 6.07) is 11.8. The van der Waals surface area contributed by atoms with Gasteiger partial charge in [-0.3, -0.25) is 0 Å². The molecule has 0 unspecified atom stereocenters. The predicted octanol–water partition coefficient (Wildman–Crippen LogP) is 4.38. The molecule has 3 heteroatoms. The van der Waals surface area contributed by atoms with Gasteiger partial charge >= 0.3 is 0 Å². The van der Waals surface area contributed by atoms with Crippen molar-refractivity contribution in [1.82, 2.24) is 0 Å². The van der Waals surface area contributed by atoms with Crippen LogP contribution in [0.5, 0.6) is 5.75 Å². The lowest BCUT2D eigenvalue weighted by molar-refractivity contribution is 0.469. The highest BCUT2D eigenvalue weighted by molar-refractivity contribution is 9.10. The molecule has 2 rings (SSSR count). The summed E-state index contributed by atoms with van der Waals surface area (Å²) in [4.78, 5) is 0. The number of benzene rings is 2.